The number of hydrogen-bond donors (Lipinski definition) is 0. The van der Waals surface area contributed by atoms with Gasteiger partial charge < -0.3 is 12.9 Å². The molecule has 12 heavy (non-hydrogen) atoms. The summed E-state index contributed by atoms with van der Waals surface area (Å²) in [4.78, 5) is 0. The molecule has 1 aliphatic rings. The van der Waals surface area contributed by atoms with Crippen LogP contribution in [0, 0.1) is 0 Å². The second kappa shape index (κ2) is 2.28. The van der Waals surface area contributed by atoms with Crippen molar-refractivity contribution >= 4 is 12.4 Å². The average Bonchev–Trinajstić information content (AvgIpc) is 1.89. The van der Waals surface area contributed by atoms with Gasteiger partial charge in [0, 0.05) is 0 Å². The van der Waals surface area contributed by atoms with E-state index in [0.29, 0.717) is 0 Å². The molecule has 0 bridgehead atoms. The third-order valence-corrected chi connectivity index (χ3v) is 2.27. The largest absolute Gasteiger partial charge is 0.509 e. The van der Waals surface area contributed by atoms with Crippen LogP contribution in [0.1, 0.15) is 11.1 Å². The lowest BCUT2D eigenvalue weighted by molar-refractivity contribution is 0.500. The van der Waals surface area contributed by atoms with Crippen molar-refractivity contribution in [1.82, 2.24) is 0 Å². The number of rotatable bonds is 1. The molecule has 1 aromatic rings. The molecule has 0 heterocycles. The maximum atomic E-state index is 12.2. The third kappa shape index (κ3) is 1.11. The van der Waals surface area contributed by atoms with Gasteiger partial charge in [-0.1, -0.05) is 18.2 Å². The van der Waals surface area contributed by atoms with E-state index >= 15 is 0 Å². The van der Waals surface area contributed by atoms with Crippen LogP contribution < -0.4 is 5.46 Å². The maximum Gasteiger partial charge on any atom is 0.509 e. The van der Waals surface area contributed by atoms with Gasteiger partial charge in [0.2, 0.25) is 0 Å². The number of fused-ring (bicyclic) bond motifs is 1. The van der Waals surface area contributed by atoms with Gasteiger partial charge >= 0.3 is 6.98 Å². The zero-order chi connectivity index (χ0) is 8.77. The Hall–Kier alpha value is -0.925. The average molecular weight is 171 g/mol. The normalized spacial score (nSPS) is 15.2. The van der Waals surface area contributed by atoms with Gasteiger partial charge in [-0.2, -0.15) is 0 Å². The lowest BCUT2D eigenvalue weighted by Crippen LogP contribution is -2.35. The summed E-state index contributed by atoms with van der Waals surface area (Å²) in [6, 6.07) is 4.04. The Bertz CT molecular complexity index is 317. The van der Waals surface area contributed by atoms with Crippen LogP contribution in [-0.4, -0.2) is 6.98 Å². The van der Waals surface area contributed by atoms with Crippen LogP contribution in [-0.2, 0) is 12.8 Å². The van der Waals surface area contributed by atoms with E-state index in [1.807, 2.05) is 0 Å². The fourth-order valence-electron chi connectivity index (χ4n) is 1.42. The van der Waals surface area contributed by atoms with Gasteiger partial charge in [-0.15, -0.1) is 5.46 Å². The van der Waals surface area contributed by atoms with Crippen LogP contribution in [0.2, 0.25) is 0 Å². The molecule has 0 saturated carbocycles. The molecule has 0 atom stereocenters. The zero-order valence-electron chi connectivity index (χ0n) is 6.36. The van der Waals surface area contributed by atoms with Crippen LogP contribution in [0.4, 0.5) is 12.9 Å². The first-order chi connectivity index (χ1) is 5.57. The summed E-state index contributed by atoms with van der Waals surface area (Å²) < 4.78 is 36.6. The Morgan fingerprint density at radius 3 is 2.08 bits per heavy atom. The fourth-order valence-corrected chi connectivity index (χ4v) is 1.42. The second-order valence-electron chi connectivity index (χ2n) is 3.10. The topological polar surface area (TPSA) is 0 Å². The van der Waals surface area contributed by atoms with E-state index in [9.17, 15) is 12.9 Å². The number of hydrogen-bond acceptors (Lipinski definition) is 0. The van der Waals surface area contributed by atoms with Gasteiger partial charge in [0.15, 0.2) is 0 Å². The predicted molar refractivity (Wildman–Crippen MR) is 42.6 cm³/mol. The quantitative estimate of drug-likeness (QED) is 0.565. The molecule has 0 N–H and O–H groups in total. The first-order valence-electron chi connectivity index (χ1n) is 3.89. The van der Waals surface area contributed by atoms with E-state index in [1.54, 1.807) is 6.07 Å². The predicted octanol–water partition coefficient (Wildman–Crippen LogP) is 1.84. The molecule has 0 unspecified atom stereocenters. The van der Waals surface area contributed by atoms with Crippen LogP contribution in [0.5, 0.6) is 0 Å². The van der Waals surface area contributed by atoms with Gasteiger partial charge in [0.25, 0.3) is 0 Å². The minimum absolute atomic E-state index is 0.464. The van der Waals surface area contributed by atoms with Crippen LogP contribution in [0.15, 0.2) is 18.2 Å². The Kier molecular flexibility index (Phi) is 1.47. The zero-order valence-corrected chi connectivity index (χ0v) is 6.36. The Balaban J connectivity index is 2.42. The lowest BCUT2D eigenvalue weighted by atomic mass is 9.75. The standard InChI is InChI=1S/C8H7BF3/c10-9(11,12)8-4-3-6-1-2-7(6)5-8/h3-5H,1-2H2/q-1. The Labute approximate surface area is 68.5 Å². The van der Waals surface area contributed by atoms with E-state index in [4.69, 9.17) is 0 Å². The summed E-state index contributed by atoms with van der Waals surface area (Å²) >= 11 is 0. The van der Waals surface area contributed by atoms with Crippen molar-refractivity contribution < 1.29 is 12.9 Å². The van der Waals surface area contributed by atoms with E-state index in [-0.39, 0.29) is 0 Å². The van der Waals surface area contributed by atoms with Gasteiger partial charge in [0.1, 0.15) is 0 Å². The van der Waals surface area contributed by atoms with E-state index in [2.05, 4.69) is 0 Å². The summed E-state index contributed by atoms with van der Waals surface area (Å²) in [5, 5.41) is 0. The van der Waals surface area contributed by atoms with Gasteiger partial charge in [0.05, 0.1) is 0 Å². The molecule has 1 aliphatic carbocycles. The molecule has 4 heteroatoms. The molecule has 1 aromatic carbocycles. The van der Waals surface area contributed by atoms with Crippen molar-refractivity contribution in [3.63, 3.8) is 0 Å². The molecular formula is C8H7BF3-. The molecule has 0 saturated heterocycles. The number of benzene rings is 1. The molecule has 0 nitrogen and oxygen atoms in total. The minimum Gasteiger partial charge on any atom is -0.445 e. The first kappa shape index (κ1) is 7.71. The highest BCUT2D eigenvalue weighted by Gasteiger charge is 2.27. The van der Waals surface area contributed by atoms with E-state index in [1.165, 1.54) is 12.1 Å². The minimum atomic E-state index is -4.80. The maximum absolute atomic E-state index is 12.2. The van der Waals surface area contributed by atoms with Gasteiger partial charge in [-0.25, -0.2) is 0 Å². The fraction of sp³-hybridized carbons (Fsp3) is 0.250. The Morgan fingerprint density at radius 2 is 1.67 bits per heavy atom. The molecular weight excluding hydrogens is 164 g/mol. The number of aryl methyl sites for hydroxylation is 2. The smallest absolute Gasteiger partial charge is 0.445 e. The monoisotopic (exact) mass is 171 g/mol. The summed E-state index contributed by atoms with van der Waals surface area (Å²) in [5.41, 5.74) is 1.47. The van der Waals surface area contributed by atoms with Crippen LogP contribution in [0.25, 0.3) is 0 Å². The van der Waals surface area contributed by atoms with Crippen molar-refractivity contribution in [2.75, 3.05) is 0 Å². The molecule has 0 aliphatic heterocycles. The second-order valence-corrected chi connectivity index (χ2v) is 3.10. The summed E-state index contributed by atoms with van der Waals surface area (Å²) in [7, 11) is 0. The van der Waals surface area contributed by atoms with Crippen molar-refractivity contribution in [3.05, 3.63) is 29.3 Å². The number of halogens is 3. The first-order valence-corrected chi connectivity index (χ1v) is 3.89. The van der Waals surface area contributed by atoms with Gasteiger partial charge in [-0.05, 0) is 24.0 Å². The molecule has 0 aromatic heterocycles. The highest BCUT2D eigenvalue weighted by atomic mass is 19.4. The highest BCUT2D eigenvalue weighted by Crippen LogP contribution is 2.22. The van der Waals surface area contributed by atoms with Crippen molar-refractivity contribution in [1.29, 1.82) is 0 Å². The SMILES string of the molecule is F[B-](F)(F)c1ccc2c(c1)CC2. The lowest BCUT2D eigenvalue weighted by Gasteiger charge is -2.23. The summed E-state index contributed by atoms with van der Waals surface area (Å²) in [6.07, 6.45) is 1.73. The van der Waals surface area contributed by atoms with Crippen molar-refractivity contribution in [2.24, 2.45) is 0 Å². The van der Waals surface area contributed by atoms with Gasteiger partial charge in [-0.3, -0.25) is 0 Å². The molecule has 0 amide bonds. The summed E-state index contributed by atoms with van der Waals surface area (Å²) in [6.45, 7) is -4.80. The molecule has 64 valence electrons. The van der Waals surface area contributed by atoms with Crippen LogP contribution >= 0.6 is 0 Å². The van der Waals surface area contributed by atoms with Crippen molar-refractivity contribution in [3.8, 4) is 0 Å². The van der Waals surface area contributed by atoms with Crippen LogP contribution in [0.3, 0.4) is 0 Å². The van der Waals surface area contributed by atoms with Crippen molar-refractivity contribution in [2.45, 2.75) is 12.8 Å². The summed E-state index contributed by atoms with van der Waals surface area (Å²) in [5.74, 6) is 0. The van der Waals surface area contributed by atoms with E-state index in [0.717, 1.165) is 24.0 Å². The van der Waals surface area contributed by atoms with E-state index < -0.39 is 12.4 Å². The highest BCUT2D eigenvalue weighted by molar-refractivity contribution is 6.73. The molecule has 2 rings (SSSR count). The molecule has 0 spiro atoms. The Morgan fingerprint density at radius 1 is 1.00 bits per heavy atom. The third-order valence-electron chi connectivity index (χ3n) is 2.27. The molecule has 0 radical (unpaired) electrons. The molecule has 0 fully saturated rings.